The van der Waals surface area contributed by atoms with E-state index in [9.17, 15) is 4.79 Å². The quantitative estimate of drug-likeness (QED) is 0.926. The van der Waals surface area contributed by atoms with E-state index < -0.39 is 0 Å². The summed E-state index contributed by atoms with van der Waals surface area (Å²) in [5.41, 5.74) is 2.21. The van der Waals surface area contributed by atoms with Crippen molar-refractivity contribution >= 4 is 5.91 Å². The highest BCUT2D eigenvalue weighted by molar-refractivity contribution is 5.95. The summed E-state index contributed by atoms with van der Waals surface area (Å²) in [6, 6.07) is 8.48. The second-order valence-electron chi connectivity index (χ2n) is 6.48. The summed E-state index contributed by atoms with van der Waals surface area (Å²) < 4.78 is 5.38. The molecule has 5 nitrogen and oxygen atoms in total. The molecule has 23 heavy (non-hydrogen) atoms. The van der Waals surface area contributed by atoms with Crippen molar-refractivity contribution in [3.8, 4) is 11.5 Å². The zero-order valence-corrected chi connectivity index (χ0v) is 13.3. The molecule has 1 amide bonds. The van der Waals surface area contributed by atoms with Gasteiger partial charge in [-0.15, -0.1) is 0 Å². The van der Waals surface area contributed by atoms with E-state index in [2.05, 4.69) is 10.3 Å². The predicted octanol–water partition coefficient (Wildman–Crippen LogP) is 2.62. The molecule has 2 aromatic heterocycles. The van der Waals surface area contributed by atoms with E-state index in [-0.39, 0.29) is 5.91 Å². The van der Waals surface area contributed by atoms with Crippen molar-refractivity contribution in [3.05, 3.63) is 41.8 Å². The summed E-state index contributed by atoms with van der Waals surface area (Å²) >= 11 is 0. The smallest absolute Gasteiger partial charge is 0.255 e. The van der Waals surface area contributed by atoms with Crippen LogP contribution in [0.5, 0.6) is 0 Å². The van der Waals surface area contributed by atoms with E-state index in [1.165, 1.54) is 12.8 Å². The SMILES string of the molecule is Cc1nc(-c2ccco2)ccc1C(=O)N1CCC2CCC(C1)N2. The first-order valence-electron chi connectivity index (χ1n) is 8.27. The van der Waals surface area contributed by atoms with Gasteiger partial charge in [-0.1, -0.05) is 0 Å². The van der Waals surface area contributed by atoms with Gasteiger partial charge >= 0.3 is 0 Å². The fraction of sp³-hybridized carbons (Fsp3) is 0.444. The van der Waals surface area contributed by atoms with Crippen LogP contribution in [0.4, 0.5) is 0 Å². The molecule has 2 aliphatic heterocycles. The third-order valence-corrected chi connectivity index (χ3v) is 4.90. The van der Waals surface area contributed by atoms with Crippen molar-refractivity contribution in [2.45, 2.75) is 38.3 Å². The number of hydrogen-bond acceptors (Lipinski definition) is 4. The number of amides is 1. The normalized spacial score (nSPS) is 23.8. The highest BCUT2D eigenvalue weighted by Crippen LogP contribution is 2.23. The van der Waals surface area contributed by atoms with E-state index in [4.69, 9.17) is 4.42 Å². The number of likely N-dealkylation sites (tertiary alicyclic amines) is 1. The second-order valence-corrected chi connectivity index (χ2v) is 6.48. The zero-order valence-electron chi connectivity index (χ0n) is 13.3. The van der Waals surface area contributed by atoms with Crippen LogP contribution in [-0.2, 0) is 0 Å². The van der Waals surface area contributed by atoms with Crippen LogP contribution in [-0.4, -0.2) is 41.0 Å². The summed E-state index contributed by atoms with van der Waals surface area (Å²) in [5, 5.41) is 3.61. The first-order chi connectivity index (χ1) is 11.2. The molecule has 0 aromatic carbocycles. The molecule has 2 fully saturated rings. The number of pyridine rings is 1. The molecular weight excluding hydrogens is 290 g/mol. The number of hydrogen-bond donors (Lipinski definition) is 1. The van der Waals surface area contributed by atoms with Crippen molar-refractivity contribution < 1.29 is 9.21 Å². The standard InChI is InChI=1S/C18H21N3O2/c1-12-15(6-7-16(19-12)17-3-2-10-23-17)18(22)21-9-8-13-4-5-14(11-21)20-13/h2-3,6-7,10,13-14,20H,4-5,8-9,11H2,1H3. The Bertz CT molecular complexity index is 711. The van der Waals surface area contributed by atoms with Gasteiger partial charge in [-0.05, 0) is 50.5 Å². The van der Waals surface area contributed by atoms with E-state index in [0.717, 1.165) is 36.7 Å². The zero-order chi connectivity index (χ0) is 15.8. The van der Waals surface area contributed by atoms with Crippen LogP contribution < -0.4 is 5.32 Å². The number of aromatic nitrogens is 1. The second kappa shape index (κ2) is 5.81. The molecule has 0 spiro atoms. The molecule has 5 heteroatoms. The van der Waals surface area contributed by atoms with E-state index in [1.807, 2.05) is 36.1 Å². The van der Waals surface area contributed by atoms with Crippen molar-refractivity contribution in [3.63, 3.8) is 0 Å². The Labute approximate surface area is 135 Å². The summed E-state index contributed by atoms with van der Waals surface area (Å²) in [6.45, 7) is 3.52. The molecule has 0 aliphatic carbocycles. The molecule has 0 radical (unpaired) electrons. The summed E-state index contributed by atoms with van der Waals surface area (Å²) in [5.74, 6) is 0.818. The molecule has 4 rings (SSSR count). The third kappa shape index (κ3) is 2.77. The number of nitrogens with zero attached hydrogens (tertiary/aromatic N) is 2. The lowest BCUT2D eigenvalue weighted by Gasteiger charge is -2.25. The Hall–Kier alpha value is -2.14. The van der Waals surface area contributed by atoms with Gasteiger partial charge in [0.2, 0.25) is 0 Å². The summed E-state index contributed by atoms with van der Waals surface area (Å²) in [6.07, 6.45) is 5.08. The van der Waals surface area contributed by atoms with Crippen LogP contribution >= 0.6 is 0 Å². The van der Waals surface area contributed by atoms with Crippen molar-refractivity contribution in [2.75, 3.05) is 13.1 Å². The van der Waals surface area contributed by atoms with Crippen LogP contribution in [0.15, 0.2) is 34.9 Å². The lowest BCUT2D eigenvalue weighted by Crippen LogP contribution is -2.39. The van der Waals surface area contributed by atoms with Crippen molar-refractivity contribution in [1.29, 1.82) is 0 Å². The maximum atomic E-state index is 12.9. The molecule has 2 saturated heterocycles. The molecule has 2 atom stereocenters. The topological polar surface area (TPSA) is 58.4 Å². The van der Waals surface area contributed by atoms with Gasteiger partial charge in [-0.2, -0.15) is 0 Å². The molecule has 4 heterocycles. The van der Waals surface area contributed by atoms with Crippen LogP contribution in [0.3, 0.4) is 0 Å². The Morgan fingerprint density at radius 1 is 1.26 bits per heavy atom. The maximum absolute atomic E-state index is 12.9. The summed E-state index contributed by atoms with van der Waals surface area (Å²) in [7, 11) is 0. The molecular formula is C18H21N3O2. The molecule has 120 valence electrons. The Balaban J connectivity index is 1.56. The van der Waals surface area contributed by atoms with E-state index in [1.54, 1.807) is 6.26 Å². The van der Waals surface area contributed by atoms with Gasteiger partial charge in [-0.25, -0.2) is 4.98 Å². The number of carbonyl (C=O) groups excluding carboxylic acids is 1. The highest BCUT2D eigenvalue weighted by Gasteiger charge is 2.31. The summed E-state index contributed by atoms with van der Waals surface area (Å²) in [4.78, 5) is 19.4. The number of fused-ring (bicyclic) bond motifs is 2. The Kier molecular flexibility index (Phi) is 3.65. The average Bonchev–Trinajstić information content (AvgIpc) is 3.16. The molecule has 1 N–H and O–H groups in total. The van der Waals surface area contributed by atoms with Gasteiger partial charge in [0.25, 0.3) is 5.91 Å². The van der Waals surface area contributed by atoms with E-state index in [0.29, 0.717) is 17.6 Å². The van der Waals surface area contributed by atoms with Gasteiger partial charge in [0.1, 0.15) is 5.69 Å². The van der Waals surface area contributed by atoms with Crippen LogP contribution in [0.25, 0.3) is 11.5 Å². The molecule has 0 saturated carbocycles. The van der Waals surface area contributed by atoms with E-state index >= 15 is 0 Å². The molecule has 2 aliphatic rings. The monoisotopic (exact) mass is 311 g/mol. The van der Waals surface area contributed by atoms with Gasteiger partial charge in [0.05, 0.1) is 17.5 Å². The van der Waals surface area contributed by atoms with Gasteiger partial charge < -0.3 is 14.6 Å². The van der Waals surface area contributed by atoms with Gasteiger partial charge in [0.15, 0.2) is 5.76 Å². The molecule has 2 unspecified atom stereocenters. The van der Waals surface area contributed by atoms with Crippen LogP contribution in [0.2, 0.25) is 0 Å². The molecule has 2 aromatic rings. The average molecular weight is 311 g/mol. The molecule has 2 bridgehead atoms. The lowest BCUT2D eigenvalue weighted by atomic mass is 10.1. The van der Waals surface area contributed by atoms with Crippen LogP contribution in [0.1, 0.15) is 35.3 Å². The van der Waals surface area contributed by atoms with Crippen LogP contribution in [0, 0.1) is 6.92 Å². The van der Waals surface area contributed by atoms with Crippen molar-refractivity contribution in [2.24, 2.45) is 0 Å². The number of rotatable bonds is 2. The number of aryl methyl sites for hydroxylation is 1. The fourth-order valence-electron chi connectivity index (χ4n) is 3.65. The van der Waals surface area contributed by atoms with Crippen molar-refractivity contribution in [1.82, 2.24) is 15.2 Å². The number of nitrogens with one attached hydrogen (secondary N) is 1. The Morgan fingerprint density at radius 2 is 2.13 bits per heavy atom. The third-order valence-electron chi connectivity index (χ3n) is 4.90. The minimum Gasteiger partial charge on any atom is -0.463 e. The minimum absolute atomic E-state index is 0.0929. The highest BCUT2D eigenvalue weighted by atomic mass is 16.3. The number of carbonyl (C=O) groups is 1. The minimum atomic E-state index is 0.0929. The largest absolute Gasteiger partial charge is 0.463 e. The fourth-order valence-corrected chi connectivity index (χ4v) is 3.65. The number of furan rings is 1. The van der Waals surface area contributed by atoms with Gasteiger partial charge in [0, 0.05) is 25.2 Å². The Morgan fingerprint density at radius 3 is 2.91 bits per heavy atom. The van der Waals surface area contributed by atoms with Gasteiger partial charge in [-0.3, -0.25) is 4.79 Å². The first-order valence-corrected chi connectivity index (χ1v) is 8.27. The lowest BCUT2D eigenvalue weighted by molar-refractivity contribution is 0.0747. The predicted molar refractivity (Wildman–Crippen MR) is 87.1 cm³/mol. The first kappa shape index (κ1) is 14.5. The maximum Gasteiger partial charge on any atom is 0.255 e.